The van der Waals surface area contributed by atoms with Crippen LogP contribution >= 0.6 is 0 Å². The second-order valence-corrected chi connectivity index (χ2v) is 5.51. The molecule has 4 nitrogen and oxygen atoms in total. The lowest BCUT2D eigenvalue weighted by Gasteiger charge is -2.20. The van der Waals surface area contributed by atoms with Gasteiger partial charge in [0.25, 0.3) is 0 Å². The number of hydrogen-bond donors (Lipinski definition) is 1. The van der Waals surface area contributed by atoms with Gasteiger partial charge in [-0.05, 0) is 29.7 Å². The van der Waals surface area contributed by atoms with Crippen molar-refractivity contribution < 1.29 is 9.18 Å². The van der Waals surface area contributed by atoms with Crippen LogP contribution in [0.25, 0.3) is 0 Å². The lowest BCUT2D eigenvalue weighted by molar-refractivity contribution is -0.130. The van der Waals surface area contributed by atoms with Gasteiger partial charge >= 0.3 is 0 Å². The summed E-state index contributed by atoms with van der Waals surface area (Å²) in [4.78, 5) is 28.4. The highest BCUT2D eigenvalue weighted by atomic mass is 19.1. The summed E-state index contributed by atoms with van der Waals surface area (Å²) in [5.74, 6) is -0.271. The third-order valence-electron chi connectivity index (χ3n) is 4.00. The summed E-state index contributed by atoms with van der Waals surface area (Å²) in [6.07, 6.45) is 1.66. The van der Waals surface area contributed by atoms with E-state index in [0.717, 1.165) is 23.2 Å². The van der Waals surface area contributed by atoms with Gasteiger partial charge in [-0.1, -0.05) is 18.2 Å². The number of amides is 1. The Morgan fingerprint density at radius 1 is 1.09 bits per heavy atom. The molecule has 0 unspecified atom stereocenters. The average Bonchev–Trinajstić information content (AvgIpc) is 2.71. The molecular weight excluding hydrogens is 283 g/mol. The molecule has 5 heteroatoms. The first-order valence-electron chi connectivity index (χ1n) is 7.35. The summed E-state index contributed by atoms with van der Waals surface area (Å²) < 4.78 is 12.9. The van der Waals surface area contributed by atoms with Crippen molar-refractivity contribution in [2.45, 2.75) is 19.3 Å². The fourth-order valence-electron chi connectivity index (χ4n) is 2.76. The third kappa shape index (κ3) is 3.24. The molecule has 0 saturated carbocycles. The Kier molecular flexibility index (Phi) is 4.04. The van der Waals surface area contributed by atoms with Gasteiger partial charge in [0.05, 0.1) is 6.42 Å². The summed E-state index contributed by atoms with van der Waals surface area (Å²) in [5, 5.41) is 0. The van der Waals surface area contributed by atoms with Crippen LogP contribution in [0.15, 0.2) is 41.2 Å². The number of fused-ring (bicyclic) bond motifs is 1. The lowest BCUT2D eigenvalue weighted by Crippen LogP contribution is -2.34. The molecule has 0 atom stereocenters. The predicted octanol–water partition coefficient (Wildman–Crippen LogP) is 1.68. The Morgan fingerprint density at radius 2 is 1.82 bits per heavy atom. The van der Waals surface area contributed by atoms with Crippen LogP contribution in [-0.4, -0.2) is 28.9 Å². The molecule has 0 aliphatic carbocycles. The normalized spacial score (nSPS) is 14.3. The summed E-state index contributed by atoms with van der Waals surface area (Å²) >= 11 is 0. The number of carbonyl (C=O) groups is 1. The summed E-state index contributed by atoms with van der Waals surface area (Å²) in [6.45, 7) is 1.23. The predicted molar refractivity (Wildman–Crippen MR) is 81.2 cm³/mol. The number of H-pyrrole nitrogens is 1. The van der Waals surface area contributed by atoms with Crippen LogP contribution in [-0.2, 0) is 24.1 Å². The van der Waals surface area contributed by atoms with Crippen LogP contribution in [0.5, 0.6) is 0 Å². The smallest absolute Gasteiger partial charge is 0.248 e. The van der Waals surface area contributed by atoms with Gasteiger partial charge in [-0.3, -0.25) is 9.59 Å². The van der Waals surface area contributed by atoms with Gasteiger partial charge in [0, 0.05) is 31.3 Å². The van der Waals surface area contributed by atoms with E-state index in [0.29, 0.717) is 19.5 Å². The van der Waals surface area contributed by atoms with E-state index >= 15 is 0 Å². The maximum atomic E-state index is 12.9. The molecule has 1 aromatic heterocycles. The van der Waals surface area contributed by atoms with E-state index in [1.54, 1.807) is 12.1 Å². The van der Waals surface area contributed by atoms with Gasteiger partial charge in [-0.25, -0.2) is 4.39 Å². The Labute approximate surface area is 127 Å². The zero-order valence-electron chi connectivity index (χ0n) is 12.1. The van der Waals surface area contributed by atoms with Gasteiger partial charge < -0.3 is 9.88 Å². The van der Waals surface area contributed by atoms with E-state index in [4.69, 9.17) is 0 Å². The van der Waals surface area contributed by atoms with E-state index in [9.17, 15) is 14.0 Å². The molecule has 0 saturated heterocycles. The number of hydrogen-bond acceptors (Lipinski definition) is 2. The van der Waals surface area contributed by atoms with Crippen LogP contribution in [0, 0.1) is 5.82 Å². The average molecular weight is 300 g/mol. The highest BCUT2D eigenvalue weighted by Gasteiger charge is 2.19. The molecule has 114 valence electrons. The van der Waals surface area contributed by atoms with Crippen molar-refractivity contribution in [2.24, 2.45) is 0 Å². The van der Waals surface area contributed by atoms with E-state index < -0.39 is 0 Å². The molecule has 1 amide bonds. The molecule has 2 heterocycles. The Hall–Kier alpha value is -2.43. The molecule has 0 bridgehead atoms. The van der Waals surface area contributed by atoms with E-state index in [1.807, 2.05) is 11.0 Å². The van der Waals surface area contributed by atoms with Crippen molar-refractivity contribution in [1.29, 1.82) is 0 Å². The first-order valence-corrected chi connectivity index (χ1v) is 7.35. The first kappa shape index (κ1) is 14.5. The van der Waals surface area contributed by atoms with Gasteiger partial charge in [-0.15, -0.1) is 0 Å². The van der Waals surface area contributed by atoms with Crippen LogP contribution in [0.1, 0.15) is 16.8 Å². The number of aromatic amines is 1. The van der Waals surface area contributed by atoms with Gasteiger partial charge in [-0.2, -0.15) is 0 Å². The maximum Gasteiger partial charge on any atom is 0.248 e. The molecule has 1 aromatic carbocycles. The highest BCUT2D eigenvalue weighted by Crippen LogP contribution is 2.13. The minimum atomic E-state index is -0.301. The van der Waals surface area contributed by atoms with Crippen molar-refractivity contribution in [2.75, 3.05) is 13.1 Å². The molecule has 0 fully saturated rings. The molecule has 2 aromatic rings. The zero-order valence-corrected chi connectivity index (χ0v) is 12.1. The van der Waals surface area contributed by atoms with Crippen molar-refractivity contribution in [3.05, 3.63) is 69.4 Å². The molecular formula is C17H17FN2O2. The monoisotopic (exact) mass is 300 g/mol. The number of aromatic nitrogens is 1. The molecule has 1 N–H and O–H groups in total. The number of benzene rings is 1. The van der Waals surface area contributed by atoms with Crippen LogP contribution in [0.2, 0.25) is 0 Å². The largest absolute Gasteiger partial charge is 0.342 e. The Balaban J connectivity index is 1.68. The fraction of sp³-hybridized carbons (Fsp3) is 0.294. The van der Waals surface area contributed by atoms with E-state index in [2.05, 4.69) is 4.98 Å². The minimum Gasteiger partial charge on any atom is -0.342 e. The fourth-order valence-corrected chi connectivity index (χ4v) is 2.76. The minimum absolute atomic E-state index is 0.0294. The standard InChI is InChI=1S/C17H17FN2O2/c18-14-4-1-12(2-5-14)11-17(22)20-9-7-13-3-6-16(21)19-15(13)8-10-20/h1-6H,7-11H2,(H,19,21). The number of rotatable bonds is 2. The van der Waals surface area contributed by atoms with Crippen molar-refractivity contribution in [3.63, 3.8) is 0 Å². The first-order chi connectivity index (χ1) is 10.6. The van der Waals surface area contributed by atoms with Crippen LogP contribution < -0.4 is 5.56 Å². The van der Waals surface area contributed by atoms with Gasteiger partial charge in [0.1, 0.15) is 5.82 Å². The second-order valence-electron chi connectivity index (χ2n) is 5.51. The van der Waals surface area contributed by atoms with E-state index in [-0.39, 0.29) is 23.7 Å². The van der Waals surface area contributed by atoms with Crippen molar-refractivity contribution in [3.8, 4) is 0 Å². The van der Waals surface area contributed by atoms with Crippen molar-refractivity contribution >= 4 is 5.91 Å². The number of pyridine rings is 1. The molecule has 22 heavy (non-hydrogen) atoms. The van der Waals surface area contributed by atoms with Crippen molar-refractivity contribution in [1.82, 2.24) is 9.88 Å². The Morgan fingerprint density at radius 3 is 2.59 bits per heavy atom. The van der Waals surface area contributed by atoms with E-state index in [1.165, 1.54) is 18.2 Å². The number of carbonyl (C=O) groups excluding carboxylic acids is 1. The lowest BCUT2D eigenvalue weighted by atomic mass is 10.1. The van der Waals surface area contributed by atoms with Crippen LogP contribution in [0.3, 0.4) is 0 Å². The van der Waals surface area contributed by atoms with Crippen LogP contribution in [0.4, 0.5) is 4.39 Å². The molecule has 0 spiro atoms. The highest BCUT2D eigenvalue weighted by molar-refractivity contribution is 5.78. The summed E-state index contributed by atoms with van der Waals surface area (Å²) in [7, 11) is 0. The zero-order chi connectivity index (χ0) is 15.5. The number of nitrogens with one attached hydrogen (secondary N) is 1. The molecule has 0 radical (unpaired) electrons. The molecule has 3 rings (SSSR count). The summed E-state index contributed by atoms with van der Waals surface area (Å²) in [5.41, 5.74) is 2.72. The maximum absolute atomic E-state index is 12.9. The topological polar surface area (TPSA) is 53.2 Å². The molecule has 1 aliphatic heterocycles. The molecule has 1 aliphatic rings. The SMILES string of the molecule is O=C(Cc1ccc(F)cc1)N1CCc2ccc(=O)[nH]c2CC1. The Bertz CT molecular complexity index is 737. The van der Waals surface area contributed by atoms with Gasteiger partial charge in [0.15, 0.2) is 0 Å². The number of nitrogens with zero attached hydrogens (tertiary/aromatic N) is 1. The summed E-state index contributed by atoms with van der Waals surface area (Å²) in [6, 6.07) is 9.36. The quantitative estimate of drug-likeness (QED) is 0.917. The number of halogens is 1. The van der Waals surface area contributed by atoms with Gasteiger partial charge in [0.2, 0.25) is 11.5 Å². The second kappa shape index (κ2) is 6.13. The third-order valence-corrected chi connectivity index (χ3v) is 4.00.